The van der Waals surface area contributed by atoms with E-state index in [1.807, 2.05) is 41.5 Å². The minimum atomic E-state index is -0.374. The smallest absolute Gasteiger partial charge is 0.225 e. The summed E-state index contributed by atoms with van der Waals surface area (Å²) < 4.78 is 10.7. The van der Waals surface area contributed by atoms with Gasteiger partial charge in [0.25, 0.3) is 0 Å². The first-order valence-corrected chi connectivity index (χ1v) is 8.23. The quantitative estimate of drug-likeness (QED) is 0.598. The van der Waals surface area contributed by atoms with Crippen LogP contribution in [0.3, 0.4) is 0 Å². The average molecular weight is 330 g/mol. The molecule has 0 unspecified atom stereocenters. The van der Waals surface area contributed by atoms with Crippen molar-refractivity contribution in [2.45, 2.75) is 48.0 Å². The number of ether oxygens (including phenoxy) is 2. The normalized spacial score (nSPS) is 12.1. The summed E-state index contributed by atoms with van der Waals surface area (Å²) in [4.78, 5) is 23.2. The molecule has 0 aliphatic heterocycles. The zero-order valence-electron chi connectivity index (χ0n) is 15.6. The molecule has 23 heavy (non-hydrogen) atoms. The van der Waals surface area contributed by atoms with Gasteiger partial charge in [-0.2, -0.15) is 0 Å². The van der Waals surface area contributed by atoms with E-state index in [2.05, 4.69) is 10.6 Å². The molecule has 0 aromatic carbocycles. The minimum absolute atomic E-state index is 0.00118. The van der Waals surface area contributed by atoms with E-state index in [0.717, 1.165) is 0 Å². The molecule has 0 saturated carbocycles. The van der Waals surface area contributed by atoms with E-state index in [1.54, 1.807) is 0 Å². The van der Waals surface area contributed by atoms with E-state index >= 15 is 0 Å². The molecule has 6 heteroatoms. The van der Waals surface area contributed by atoms with Crippen molar-refractivity contribution in [1.29, 1.82) is 0 Å². The maximum Gasteiger partial charge on any atom is 0.225 e. The second kappa shape index (κ2) is 10.6. The zero-order chi connectivity index (χ0) is 17.9. The van der Waals surface area contributed by atoms with E-state index in [9.17, 15) is 9.59 Å². The molecular formula is C17H34N2O4. The van der Waals surface area contributed by atoms with E-state index in [1.165, 1.54) is 0 Å². The van der Waals surface area contributed by atoms with Crippen molar-refractivity contribution < 1.29 is 19.1 Å². The predicted molar refractivity (Wildman–Crippen MR) is 91.2 cm³/mol. The summed E-state index contributed by atoms with van der Waals surface area (Å²) in [5, 5.41) is 5.64. The van der Waals surface area contributed by atoms with Crippen LogP contribution in [0.5, 0.6) is 0 Å². The van der Waals surface area contributed by atoms with Crippen molar-refractivity contribution in [3.8, 4) is 0 Å². The summed E-state index contributed by atoms with van der Waals surface area (Å²) in [5.41, 5.74) is -0.373. The highest BCUT2D eigenvalue weighted by Gasteiger charge is 2.20. The van der Waals surface area contributed by atoms with Gasteiger partial charge in [0.2, 0.25) is 11.8 Å². The van der Waals surface area contributed by atoms with E-state index < -0.39 is 0 Å². The van der Waals surface area contributed by atoms with Crippen molar-refractivity contribution >= 4 is 11.8 Å². The monoisotopic (exact) mass is 330 g/mol. The molecule has 0 bridgehead atoms. The van der Waals surface area contributed by atoms with Crippen LogP contribution in [-0.4, -0.2) is 51.3 Å². The molecular weight excluding hydrogens is 296 g/mol. The lowest BCUT2D eigenvalue weighted by atomic mass is 9.92. The summed E-state index contributed by atoms with van der Waals surface area (Å²) in [6.07, 6.45) is 0.510. The van der Waals surface area contributed by atoms with Crippen LogP contribution >= 0.6 is 0 Å². The third kappa shape index (κ3) is 14.2. The fraction of sp³-hybridized carbons (Fsp3) is 0.882. The van der Waals surface area contributed by atoms with E-state index in [0.29, 0.717) is 45.9 Å². The summed E-state index contributed by atoms with van der Waals surface area (Å²) in [6.45, 7) is 14.6. The van der Waals surface area contributed by atoms with Gasteiger partial charge in [-0.05, 0) is 5.41 Å². The molecule has 0 heterocycles. The highest BCUT2D eigenvalue weighted by atomic mass is 16.5. The Bertz CT molecular complexity index is 357. The molecule has 136 valence electrons. The van der Waals surface area contributed by atoms with Gasteiger partial charge >= 0.3 is 0 Å². The standard InChI is InChI=1S/C17H34N2O4/c1-16(2,3)13-14(20)18-7-9-22-11-12-23-10-8-19-15(21)17(4,5)6/h7-13H2,1-6H3,(H,18,20)(H,19,21). The number of hydrogen-bond donors (Lipinski definition) is 2. The molecule has 0 fully saturated rings. The molecule has 2 N–H and O–H groups in total. The third-order valence-electron chi connectivity index (χ3n) is 2.84. The lowest BCUT2D eigenvalue weighted by Gasteiger charge is -2.17. The lowest BCUT2D eigenvalue weighted by Crippen LogP contribution is -2.36. The second-order valence-corrected chi connectivity index (χ2v) is 7.82. The van der Waals surface area contributed by atoms with Gasteiger partial charge in [0, 0.05) is 24.9 Å². The number of carbonyl (C=O) groups is 2. The molecule has 0 aromatic heterocycles. The molecule has 0 saturated heterocycles. The minimum Gasteiger partial charge on any atom is -0.377 e. The lowest BCUT2D eigenvalue weighted by molar-refractivity contribution is -0.128. The van der Waals surface area contributed by atoms with Crippen LogP contribution in [-0.2, 0) is 19.1 Å². The van der Waals surface area contributed by atoms with Crippen LogP contribution in [0.1, 0.15) is 48.0 Å². The molecule has 0 aliphatic carbocycles. The molecule has 0 radical (unpaired) electrons. The van der Waals surface area contributed by atoms with Gasteiger partial charge in [-0.25, -0.2) is 0 Å². The third-order valence-corrected chi connectivity index (χ3v) is 2.84. The van der Waals surface area contributed by atoms with Crippen molar-refractivity contribution in [3.63, 3.8) is 0 Å². The van der Waals surface area contributed by atoms with Gasteiger partial charge in [0.05, 0.1) is 26.4 Å². The van der Waals surface area contributed by atoms with Gasteiger partial charge in [-0.1, -0.05) is 41.5 Å². The van der Waals surface area contributed by atoms with Crippen LogP contribution in [0.2, 0.25) is 0 Å². The van der Waals surface area contributed by atoms with Gasteiger partial charge in [0.1, 0.15) is 0 Å². The first-order valence-electron chi connectivity index (χ1n) is 8.23. The highest BCUT2D eigenvalue weighted by Crippen LogP contribution is 2.17. The fourth-order valence-electron chi connectivity index (χ4n) is 1.63. The molecule has 0 spiro atoms. The largest absolute Gasteiger partial charge is 0.377 e. The Morgan fingerprint density at radius 2 is 1.26 bits per heavy atom. The molecule has 0 atom stereocenters. The average Bonchev–Trinajstić information content (AvgIpc) is 2.37. The Labute approximate surface area is 140 Å². The van der Waals surface area contributed by atoms with Crippen LogP contribution in [0.4, 0.5) is 0 Å². The Kier molecular flexibility index (Phi) is 10.1. The van der Waals surface area contributed by atoms with Crippen molar-refractivity contribution in [2.24, 2.45) is 10.8 Å². The molecule has 0 aliphatic rings. The van der Waals surface area contributed by atoms with Crippen LogP contribution in [0.25, 0.3) is 0 Å². The first kappa shape index (κ1) is 21.9. The summed E-state index contributed by atoms with van der Waals surface area (Å²) >= 11 is 0. The molecule has 0 aromatic rings. The number of carbonyl (C=O) groups excluding carboxylic acids is 2. The fourth-order valence-corrected chi connectivity index (χ4v) is 1.63. The first-order chi connectivity index (χ1) is 10.5. The topological polar surface area (TPSA) is 76.7 Å². The van der Waals surface area contributed by atoms with E-state index in [-0.39, 0.29) is 22.6 Å². The van der Waals surface area contributed by atoms with Gasteiger partial charge in [0.15, 0.2) is 0 Å². The van der Waals surface area contributed by atoms with Crippen molar-refractivity contribution in [3.05, 3.63) is 0 Å². The van der Waals surface area contributed by atoms with Crippen molar-refractivity contribution in [2.75, 3.05) is 39.5 Å². The number of nitrogens with one attached hydrogen (secondary N) is 2. The Morgan fingerprint density at radius 3 is 1.70 bits per heavy atom. The summed E-state index contributed by atoms with van der Waals surface area (Å²) in [6, 6.07) is 0. The molecule has 2 amide bonds. The van der Waals surface area contributed by atoms with Gasteiger partial charge in [-0.15, -0.1) is 0 Å². The Balaban J connectivity index is 3.38. The maximum atomic E-state index is 11.6. The number of hydrogen-bond acceptors (Lipinski definition) is 4. The zero-order valence-corrected chi connectivity index (χ0v) is 15.6. The van der Waals surface area contributed by atoms with Crippen LogP contribution < -0.4 is 10.6 Å². The Hall–Kier alpha value is -1.14. The van der Waals surface area contributed by atoms with Crippen LogP contribution in [0, 0.1) is 10.8 Å². The maximum absolute atomic E-state index is 11.6. The van der Waals surface area contributed by atoms with Crippen LogP contribution in [0.15, 0.2) is 0 Å². The Morgan fingerprint density at radius 1 is 0.783 bits per heavy atom. The van der Waals surface area contributed by atoms with Gasteiger partial charge in [-0.3, -0.25) is 9.59 Å². The van der Waals surface area contributed by atoms with Gasteiger partial charge < -0.3 is 20.1 Å². The summed E-state index contributed by atoms with van der Waals surface area (Å²) in [7, 11) is 0. The molecule has 6 nitrogen and oxygen atoms in total. The number of amides is 2. The number of rotatable bonds is 10. The van der Waals surface area contributed by atoms with E-state index in [4.69, 9.17) is 9.47 Å². The predicted octanol–water partition coefficient (Wildman–Crippen LogP) is 1.73. The second-order valence-electron chi connectivity index (χ2n) is 7.82. The summed E-state index contributed by atoms with van der Waals surface area (Å²) in [5.74, 6) is 0.0651. The molecule has 0 rings (SSSR count). The highest BCUT2D eigenvalue weighted by molar-refractivity contribution is 5.81. The SMILES string of the molecule is CC(C)(C)CC(=O)NCCOCCOCCNC(=O)C(C)(C)C. The van der Waals surface area contributed by atoms with Crippen molar-refractivity contribution in [1.82, 2.24) is 10.6 Å².